The number of carbonyl (C=O) groups is 1. The highest BCUT2D eigenvalue weighted by molar-refractivity contribution is 5.78. The van der Waals surface area contributed by atoms with Crippen molar-refractivity contribution >= 4 is 5.97 Å². The molecule has 2 aromatic rings. The third-order valence-corrected chi connectivity index (χ3v) is 4.22. The maximum absolute atomic E-state index is 11.0. The van der Waals surface area contributed by atoms with E-state index in [1.54, 1.807) is 6.26 Å². The van der Waals surface area contributed by atoms with Crippen LogP contribution < -0.4 is 0 Å². The van der Waals surface area contributed by atoms with Gasteiger partial charge in [0.2, 0.25) is 0 Å². The maximum atomic E-state index is 11.0. The summed E-state index contributed by atoms with van der Waals surface area (Å²) in [5, 5.41) is 9.07. The van der Waals surface area contributed by atoms with Crippen LogP contribution in [0.1, 0.15) is 17.0 Å². The summed E-state index contributed by atoms with van der Waals surface area (Å²) >= 11 is 0. The number of carboxylic acids is 1. The van der Waals surface area contributed by atoms with E-state index in [0.717, 1.165) is 17.7 Å². The van der Waals surface area contributed by atoms with Crippen LogP contribution in [0.5, 0.6) is 0 Å². The van der Waals surface area contributed by atoms with E-state index in [0.29, 0.717) is 5.92 Å². The Morgan fingerprint density at radius 1 is 1.33 bits per heavy atom. The van der Waals surface area contributed by atoms with Gasteiger partial charge in [-0.3, -0.25) is 4.79 Å². The van der Waals surface area contributed by atoms with Crippen molar-refractivity contribution in [1.82, 2.24) is 0 Å². The SMILES string of the molecule is O=C(O)[C@@H]1[C@@H]2Cc3cc(-c4ccco4)ccc3[C@@H]21. The van der Waals surface area contributed by atoms with E-state index < -0.39 is 5.97 Å². The number of furan rings is 1. The van der Waals surface area contributed by atoms with Gasteiger partial charge in [-0.25, -0.2) is 0 Å². The summed E-state index contributed by atoms with van der Waals surface area (Å²) in [7, 11) is 0. The zero-order valence-electron chi connectivity index (χ0n) is 9.67. The van der Waals surface area contributed by atoms with Gasteiger partial charge in [-0.15, -0.1) is 0 Å². The summed E-state index contributed by atoms with van der Waals surface area (Å²) in [6.07, 6.45) is 2.56. The Morgan fingerprint density at radius 2 is 2.22 bits per heavy atom. The Balaban J connectivity index is 1.71. The lowest BCUT2D eigenvalue weighted by Gasteiger charge is -2.07. The van der Waals surface area contributed by atoms with E-state index >= 15 is 0 Å². The summed E-state index contributed by atoms with van der Waals surface area (Å²) in [5.41, 5.74) is 3.59. The number of hydrogen-bond donors (Lipinski definition) is 1. The molecule has 0 radical (unpaired) electrons. The summed E-state index contributed by atoms with van der Waals surface area (Å²) in [4.78, 5) is 11.0. The molecule has 2 aliphatic carbocycles. The first-order chi connectivity index (χ1) is 8.75. The standard InChI is InChI=1S/C15H12O3/c16-15(17)14-11-7-9-6-8(12-2-1-5-18-12)3-4-10(9)13(11)14/h1-6,11,13-14H,7H2,(H,16,17)/t11-,13+,14-/m1/s1. The molecule has 0 amide bonds. The van der Waals surface area contributed by atoms with Gasteiger partial charge in [-0.1, -0.05) is 12.1 Å². The third kappa shape index (κ3) is 1.22. The van der Waals surface area contributed by atoms with Gasteiger partial charge < -0.3 is 9.52 Å². The van der Waals surface area contributed by atoms with E-state index in [4.69, 9.17) is 9.52 Å². The van der Waals surface area contributed by atoms with E-state index in [9.17, 15) is 4.79 Å². The van der Waals surface area contributed by atoms with Gasteiger partial charge in [-0.2, -0.15) is 0 Å². The summed E-state index contributed by atoms with van der Waals surface area (Å²) in [6, 6.07) is 10.1. The van der Waals surface area contributed by atoms with E-state index in [2.05, 4.69) is 12.1 Å². The predicted octanol–water partition coefficient (Wildman–Crippen LogP) is 2.92. The van der Waals surface area contributed by atoms with Gasteiger partial charge in [0.15, 0.2) is 0 Å². The molecule has 1 aromatic carbocycles. The fourth-order valence-electron chi connectivity index (χ4n) is 3.35. The normalized spacial score (nSPS) is 27.7. The molecule has 0 spiro atoms. The smallest absolute Gasteiger partial charge is 0.307 e. The Bertz CT molecular complexity index is 627. The lowest BCUT2D eigenvalue weighted by molar-refractivity contribution is -0.139. The molecule has 18 heavy (non-hydrogen) atoms. The Morgan fingerprint density at radius 3 is 2.94 bits per heavy atom. The average Bonchev–Trinajstić information content (AvgIpc) is 2.79. The number of carboxylic acid groups (broad SMARTS) is 1. The second-order valence-electron chi connectivity index (χ2n) is 5.15. The van der Waals surface area contributed by atoms with Crippen LogP contribution in [0.15, 0.2) is 41.0 Å². The van der Waals surface area contributed by atoms with E-state index in [-0.39, 0.29) is 11.8 Å². The van der Waals surface area contributed by atoms with Crippen molar-refractivity contribution in [2.75, 3.05) is 0 Å². The first kappa shape index (κ1) is 9.95. The molecule has 0 aliphatic heterocycles. The minimum absolute atomic E-state index is 0.146. The zero-order valence-corrected chi connectivity index (χ0v) is 9.67. The number of benzene rings is 1. The van der Waals surface area contributed by atoms with Crippen molar-refractivity contribution in [3.8, 4) is 11.3 Å². The maximum Gasteiger partial charge on any atom is 0.307 e. The number of rotatable bonds is 2. The molecule has 4 rings (SSSR count). The lowest BCUT2D eigenvalue weighted by Crippen LogP contribution is -2.05. The van der Waals surface area contributed by atoms with Gasteiger partial charge in [0, 0.05) is 11.5 Å². The lowest BCUT2D eigenvalue weighted by atomic mass is 9.99. The molecule has 0 saturated heterocycles. The summed E-state index contributed by atoms with van der Waals surface area (Å²) in [5.74, 6) is 0.651. The molecule has 1 N–H and O–H groups in total. The van der Waals surface area contributed by atoms with Crippen LogP contribution in [0, 0.1) is 11.8 Å². The topological polar surface area (TPSA) is 50.4 Å². The zero-order chi connectivity index (χ0) is 12.3. The molecular formula is C15H12O3. The highest BCUT2D eigenvalue weighted by Gasteiger charge is 2.59. The van der Waals surface area contributed by atoms with Gasteiger partial charge >= 0.3 is 5.97 Å². The molecule has 1 aromatic heterocycles. The molecule has 1 fully saturated rings. The van der Waals surface area contributed by atoms with Crippen molar-refractivity contribution in [2.24, 2.45) is 11.8 Å². The van der Waals surface area contributed by atoms with Crippen LogP contribution in [0.25, 0.3) is 11.3 Å². The molecule has 3 heteroatoms. The van der Waals surface area contributed by atoms with Crippen molar-refractivity contribution in [3.05, 3.63) is 47.7 Å². The van der Waals surface area contributed by atoms with Crippen LogP contribution >= 0.6 is 0 Å². The predicted molar refractivity (Wildman–Crippen MR) is 65.2 cm³/mol. The Hall–Kier alpha value is -2.03. The van der Waals surface area contributed by atoms with Gasteiger partial charge in [0.25, 0.3) is 0 Å². The van der Waals surface area contributed by atoms with Crippen molar-refractivity contribution < 1.29 is 14.3 Å². The number of aliphatic carboxylic acids is 1. The molecule has 1 saturated carbocycles. The summed E-state index contributed by atoms with van der Waals surface area (Å²) in [6.45, 7) is 0. The van der Waals surface area contributed by atoms with Crippen molar-refractivity contribution in [3.63, 3.8) is 0 Å². The second kappa shape index (κ2) is 3.25. The minimum atomic E-state index is -0.647. The second-order valence-corrected chi connectivity index (χ2v) is 5.15. The highest BCUT2D eigenvalue weighted by Crippen LogP contribution is 2.61. The fraction of sp³-hybridized carbons (Fsp3) is 0.267. The highest BCUT2D eigenvalue weighted by atomic mass is 16.4. The van der Waals surface area contributed by atoms with Crippen LogP contribution in [-0.2, 0) is 11.2 Å². The van der Waals surface area contributed by atoms with E-state index in [1.807, 2.05) is 18.2 Å². The summed E-state index contributed by atoms with van der Waals surface area (Å²) < 4.78 is 5.38. The number of fused-ring (bicyclic) bond motifs is 3. The largest absolute Gasteiger partial charge is 0.481 e. The van der Waals surface area contributed by atoms with Crippen LogP contribution in [0.4, 0.5) is 0 Å². The monoisotopic (exact) mass is 240 g/mol. The first-order valence-corrected chi connectivity index (χ1v) is 6.15. The number of hydrogen-bond acceptors (Lipinski definition) is 2. The molecule has 3 nitrogen and oxygen atoms in total. The van der Waals surface area contributed by atoms with Crippen LogP contribution in [0.3, 0.4) is 0 Å². The van der Waals surface area contributed by atoms with Crippen molar-refractivity contribution in [2.45, 2.75) is 12.3 Å². The average molecular weight is 240 g/mol. The van der Waals surface area contributed by atoms with E-state index in [1.165, 1.54) is 11.1 Å². The minimum Gasteiger partial charge on any atom is -0.481 e. The molecule has 0 unspecified atom stereocenters. The van der Waals surface area contributed by atoms with Crippen LogP contribution in [-0.4, -0.2) is 11.1 Å². The van der Waals surface area contributed by atoms with Crippen LogP contribution in [0.2, 0.25) is 0 Å². The van der Waals surface area contributed by atoms with Gasteiger partial charge in [0.05, 0.1) is 12.2 Å². The molecule has 1 heterocycles. The molecule has 2 aliphatic rings. The van der Waals surface area contributed by atoms with Gasteiger partial charge in [-0.05, 0) is 41.7 Å². The first-order valence-electron chi connectivity index (χ1n) is 6.15. The molecular weight excluding hydrogens is 228 g/mol. The van der Waals surface area contributed by atoms with Crippen molar-refractivity contribution in [1.29, 1.82) is 0 Å². The Kier molecular flexibility index (Phi) is 1.80. The Labute approximate surface area is 104 Å². The molecule has 0 bridgehead atoms. The molecule has 3 atom stereocenters. The van der Waals surface area contributed by atoms with Gasteiger partial charge in [0.1, 0.15) is 5.76 Å². The molecule has 90 valence electrons. The fourth-order valence-corrected chi connectivity index (χ4v) is 3.35. The quantitative estimate of drug-likeness (QED) is 0.878. The third-order valence-electron chi connectivity index (χ3n) is 4.22.